The van der Waals surface area contributed by atoms with Gasteiger partial charge < -0.3 is 18.7 Å². The lowest BCUT2D eigenvalue weighted by atomic mass is 9.97. The van der Waals surface area contributed by atoms with Crippen LogP contribution < -0.4 is 4.74 Å². The number of benzene rings is 3. The third-order valence-electron chi connectivity index (χ3n) is 6.05. The molecule has 0 amide bonds. The number of carbonyl (C=O) groups excluding carboxylic acids is 1. The van der Waals surface area contributed by atoms with Crippen molar-refractivity contribution in [2.24, 2.45) is 0 Å². The summed E-state index contributed by atoms with van der Waals surface area (Å²) in [7, 11) is 5.21. The van der Waals surface area contributed by atoms with Crippen molar-refractivity contribution < 1.29 is 23.5 Å². The van der Waals surface area contributed by atoms with Crippen LogP contribution in [-0.4, -0.2) is 54.4 Å². The van der Waals surface area contributed by atoms with E-state index in [0.29, 0.717) is 24.9 Å². The predicted octanol–water partition coefficient (Wildman–Crippen LogP) is 6.76. The maximum atomic E-state index is 12.2. The van der Waals surface area contributed by atoms with Gasteiger partial charge in [0.2, 0.25) is 5.82 Å². The van der Waals surface area contributed by atoms with Crippen molar-refractivity contribution in [2.75, 3.05) is 27.8 Å². The Morgan fingerprint density at radius 1 is 0.975 bits per heavy atom. The van der Waals surface area contributed by atoms with Crippen LogP contribution in [0.2, 0.25) is 0 Å². The van der Waals surface area contributed by atoms with E-state index in [1.807, 2.05) is 93.4 Å². The number of rotatable bonds is 10. The van der Waals surface area contributed by atoms with Gasteiger partial charge in [-0.1, -0.05) is 57.5 Å². The monoisotopic (exact) mass is 607 g/mol. The molecule has 0 saturated heterocycles. The van der Waals surface area contributed by atoms with Crippen molar-refractivity contribution in [3.05, 3.63) is 76.3 Å². The standard InChI is InChI=1S/C31H34BrN3O5/c1-31(2,3)39-28(36)18-35(4)17-22-12-11-20(16-26(22)32)29-33-30(40-34-29)21-13-14-24(23(15-21)19-37-5)25-9-7-8-10-27(25)38-6/h7-16H,17-19H2,1-6H3. The molecule has 9 heteroatoms. The highest BCUT2D eigenvalue weighted by molar-refractivity contribution is 9.10. The maximum absolute atomic E-state index is 12.2. The molecule has 0 aliphatic rings. The Hall–Kier alpha value is -3.53. The zero-order chi connectivity index (χ0) is 28.9. The first-order chi connectivity index (χ1) is 19.1. The van der Waals surface area contributed by atoms with E-state index in [2.05, 4.69) is 26.1 Å². The van der Waals surface area contributed by atoms with Crippen LogP contribution in [0.4, 0.5) is 0 Å². The lowest BCUT2D eigenvalue weighted by molar-refractivity contribution is -0.155. The second-order valence-corrected chi connectivity index (χ2v) is 11.3. The molecule has 3 aromatic carbocycles. The summed E-state index contributed by atoms with van der Waals surface area (Å²) in [5, 5.41) is 4.22. The van der Waals surface area contributed by atoms with E-state index in [4.69, 9.17) is 18.7 Å². The van der Waals surface area contributed by atoms with Crippen LogP contribution in [0.15, 0.2) is 69.7 Å². The van der Waals surface area contributed by atoms with Gasteiger partial charge in [0.1, 0.15) is 11.4 Å². The number of halogens is 1. The van der Waals surface area contributed by atoms with Crippen LogP contribution in [0.1, 0.15) is 31.9 Å². The molecule has 210 valence electrons. The van der Waals surface area contributed by atoms with Crippen LogP contribution in [0.3, 0.4) is 0 Å². The molecular formula is C31H34BrN3O5. The molecule has 4 aromatic rings. The Balaban J connectivity index is 1.52. The van der Waals surface area contributed by atoms with Gasteiger partial charge >= 0.3 is 5.97 Å². The molecule has 0 N–H and O–H groups in total. The number of para-hydroxylation sites is 1. The third kappa shape index (κ3) is 7.35. The smallest absolute Gasteiger partial charge is 0.320 e. The predicted molar refractivity (Wildman–Crippen MR) is 158 cm³/mol. The highest BCUT2D eigenvalue weighted by Gasteiger charge is 2.19. The summed E-state index contributed by atoms with van der Waals surface area (Å²) in [6.45, 7) is 6.76. The topological polar surface area (TPSA) is 86.9 Å². The average Bonchev–Trinajstić information content (AvgIpc) is 3.39. The number of aromatic nitrogens is 2. The zero-order valence-electron chi connectivity index (χ0n) is 23.7. The number of nitrogens with zero attached hydrogens (tertiary/aromatic N) is 3. The summed E-state index contributed by atoms with van der Waals surface area (Å²) in [6, 6.07) is 19.7. The maximum Gasteiger partial charge on any atom is 0.320 e. The second-order valence-electron chi connectivity index (χ2n) is 10.5. The third-order valence-corrected chi connectivity index (χ3v) is 6.78. The SMILES string of the molecule is COCc1cc(-c2nc(-c3ccc(CN(C)CC(=O)OC(C)(C)C)c(Br)c3)no2)ccc1-c1ccccc1OC. The average molecular weight is 609 g/mol. The molecule has 1 heterocycles. The first kappa shape index (κ1) is 29.5. The summed E-state index contributed by atoms with van der Waals surface area (Å²) in [6.07, 6.45) is 0. The highest BCUT2D eigenvalue weighted by Crippen LogP contribution is 2.35. The molecule has 0 aliphatic carbocycles. The fraction of sp³-hybridized carbons (Fsp3) is 0.323. The second kappa shape index (κ2) is 12.8. The summed E-state index contributed by atoms with van der Waals surface area (Å²) in [5.41, 5.74) is 5.09. The van der Waals surface area contributed by atoms with E-state index in [1.54, 1.807) is 14.2 Å². The van der Waals surface area contributed by atoms with E-state index in [9.17, 15) is 4.79 Å². The fourth-order valence-corrected chi connectivity index (χ4v) is 4.85. The lowest BCUT2D eigenvalue weighted by Gasteiger charge is -2.22. The summed E-state index contributed by atoms with van der Waals surface area (Å²) in [5.74, 6) is 1.42. The Morgan fingerprint density at radius 2 is 1.73 bits per heavy atom. The Bertz CT molecular complexity index is 1480. The Kier molecular flexibility index (Phi) is 9.40. The van der Waals surface area contributed by atoms with Gasteiger partial charge in [0.05, 0.1) is 20.3 Å². The van der Waals surface area contributed by atoms with E-state index in [-0.39, 0.29) is 12.5 Å². The molecule has 0 saturated carbocycles. The van der Waals surface area contributed by atoms with Crippen molar-refractivity contribution >= 4 is 21.9 Å². The van der Waals surface area contributed by atoms with E-state index in [1.165, 1.54) is 0 Å². The lowest BCUT2D eigenvalue weighted by Crippen LogP contribution is -2.32. The molecule has 1 aromatic heterocycles. The molecule has 0 aliphatic heterocycles. The van der Waals surface area contributed by atoms with Crippen LogP contribution in [0, 0.1) is 0 Å². The summed E-state index contributed by atoms with van der Waals surface area (Å²) in [4.78, 5) is 18.7. The van der Waals surface area contributed by atoms with Gasteiger partial charge in [0, 0.05) is 34.8 Å². The molecular weight excluding hydrogens is 574 g/mol. The quantitative estimate of drug-likeness (QED) is 0.183. The van der Waals surface area contributed by atoms with Crippen molar-refractivity contribution in [3.63, 3.8) is 0 Å². The minimum Gasteiger partial charge on any atom is -0.496 e. The van der Waals surface area contributed by atoms with Crippen molar-refractivity contribution in [1.29, 1.82) is 0 Å². The normalized spacial score (nSPS) is 11.6. The highest BCUT2D eigenvalue weighted by atomic mass is 79.9. The van der Waals surface area contributed by atoms with Crippen LogP contribution in [-0.2, 0) is 27.4 Å². The molecule has 4 rings (SSSR count). The number of ether oxygens (including phenoxy) is 3. The minimum atomic E-state index is -0.508. The Labute approximate surface area is 243 Å². The number of hydrogen-bond donors (Lipinski definition) is 0. The zero-order valence-corrected chi connectivity index (χ0v) is 25.2. The number of hydrogen-bond acceptors (Lipinski definition) is 8. The van der Waals surface area contributed by atoms with Crippen LogP contribution >= 0.6 is 15.9 Å². The Morgan fingerprint density at radius 3 is 2.42 bits per heavy atom. The molecule has 40 heavy (non-hydrogen) atoms. The van der Waals surface area contributed by atoms with E-state index < -0.39 is 5.60 Å². The van der Waals surface area contributed by atoms with Gasteiger partial charge in [-0.2, -0.15) is 4.98 Å². The molecule has 0 unspecified atom stereocenters. The van der Waals surface area contributed by atoms with Gasteiger partial charge in [-0.05, 0) is 68.8 Å². The number of carbonyl (C=O) groups is 1. The van der Waals surface area contributed by atoms with Gasteiger partial charge in [0.25, 0.3) is 5.89 Å². The summed E-state index contributed by atoms with van der Waals surface area (Å²) < 4.78 is 23.0. The van der Waals surface area contributed by atoms with Gasteiger partial charge in [-0.3, -0.25) is 9.69 Å². The minimum absolute atomic E-state index is 0.195. The molecule has 0 atom stereocenters. The van der Waals surface area contributed by atoms with Gasteiger partial charge in [-0.15, -0.1) is 0 Å². The number of likely N-dealkylation sites (N-methyl/N-ethyl adjacent to an activating group) is 1. The first-order valence-electron chi connectivity index (χ1n) is 12.9. The molecule has 0 radical (unpaired) electrons. The van der Waals surface area contributed by atoms with Crippen molar-refractivity contribution in [2.45, 2.75) is 39.5 Å². The van der Waals surface area contributed by atoms with Crippen molar-refractivity contribution in [1.82, 2.24) is 15.0 Å². The largest absolute Gasteiger partial charge is 0.496 e. The fourth-order valence-electron chi connectivity index (χ4n) is 4.35. The number of methoxy groups -OCH3 is 2. The number of esters is 1. The van der Waals surface area contributed by atoms with Crippen molar-refractivity contribution in [3.8, 4) is 39.7 Å². The van der Waals surface area contributed by atoms with E-state index >= 15 is 0 Å². The molecule has 8 nitrogen and oxygen atoms in total. The van der Waals surface area contributed by atoms with Gasteiger partial charge in [0.15, 0.2) is 0 Å². The van der Waals surface area contributed by atoms with E-state index in [0.717, 1.165) is 43.6 Å². The first-order valence-corrected chi connectivity index (χ1v) is 13.7. The summed E-state index contributed by atoms with van der Waals surface area (Å²) >= 11 is 3.66. The molecule has 0 bridgehead atoms. The van der Waals surface area contributed by atoms with Crippen LogP contribution in [0.5, 0.6) is 5.75 Å². The van der Waals surface area contributed by atoms with Gasteiger partial charge in [-0.25, -0.2) is 0 Å². The van der Waals surface area contributed by atoms with Crippen LogP contribution in [0.25, 0.3) is 34.0 Å². The molecule has 0 spiro atoms. The molecule has 0 fully saturated rings.